The van der Waals surface area contributed by atoms with Crippen molar-refractivity contribution < 1.29 is 9.47 Å². The number of rotatable bonds is 6. The van der Waals surface area contributed by atoms with Gasteiger partial charge in [-0.15, -0.1) is 0 Å². The number of nitrogens with zero attached hydrogens (tertiary/aromatic N) is 1. The number of hydrogen-bond donors (Lipinski definition) is 0. The number of benzene rings is 1. The molecule has 0 saturated carbocycles. The smallest absolute Gasteiger partial charge is 0.174 e. The van der Waals surface area contributed by atoms with Crippen LogP contribution >= 0.6 is 0 Å². The highest BCUT2D eigenvalue weighted by molar-refractivity contribution is 5.56. The molecule has 0 aromatic heterocycles. The van der Waals surface area contributed by atoms with Crippen molar-refractivity contribution in [2.24, 2.45) is 0 Å². The molecular weight excluding hydrogens is 238 g/mol. The average molecular weight is 263 g/mol. The Kier molecular flexibility index (Phi) is 5.23. The van der Waals surface area contributed by atoms with Gasteiger partial charge in [0.1, 0.15) is 0 Å². The van der Waals surface area contributed by atoms with Gasteiger partial charge in [-0.3, -0.25) is 0 Å². The standard InChI is InChI=1S/C16H25NO2/c1-4-18-16(19-5-2)12-17-13(3)10-11-14-8-6-7-9-15(14)17/h6-9,13,16H,4-5,10-12H2,1-3H3. The Hall–Kier alpha value is -1.06. The van der Waals surface area contributed by atoms with Crippen LogP contribution in [0.25, 0.3) is 0 Å². The van der Waals surface area contributed by atoms with Crippen LogP contribution in [0.3, 0.4) is 0 Å². The lowest BCUT2D eigenvalue weighted by molar-refractivity contribution is -0.130. The molecule has 19 heavy (non-hydrogen) atoms. The van der Waals surface area contributed by atoms with Crippen LogP contribution in [-0.4, -0.2) is 32.1 Å². The molecule has 0 amide bonds. The SMILES string of the molecule is CCOC(CN1c2ccccc2CCC1C)OCC. The van der Waals surface area contributed by atoms with E-state index in [9.17, 15) is 0 Å². The monoisotopic (exact) mass is 263 g/mol. The van der Waals surface area contributed by atoms with E-state index in [1.165, 1.54) is 24.1 Å². The van der Waals surface area contributed by atoms with Crippen molar-refractivity contribution in [1.29, 1.82) is 0 Å². The summed E-state index contributed by atoms with van der Waals surface area (Å²) in [6, 6.07) is 9.21. The molecule has 1 aliphatic rings. The third kappa shape index (κ3) is 3.48. The summed E-state index contributed by atoms with van der Waals surface area (Å²) < 4.78 is 11.4. The van der Waals surface area contributed by atoms with E-state index in [4.69, 9.17) is 9.47 Å². The van der Waals surface area contributed by atoms with Crippen molar-refractivity contribution in [3.05, 3.63) is 29.8 Å². The van der Waals surface area contributed by atoms with Crippen molar-refractivity contribution >= 4 is 5.69 Å². The molecule has 3 heteroatoms. The van der Waals surface area contributed by atoms with Crippen LogP contribution in [0.5, 0.6) is 0 Å². The zero-order chi connectivity index (χ0) is 13.7. The summed E-state index contributed by atoms with van der Waals surface area (Å²) in [6.45, 7) is 8.49. The second-order valence-electron chi connectivity index (χ2n) is 5.01. The molecular formula is C16H25NO2. The van der Waals surface area contributed by atoms with Crippen LogP contribution in [-0.2, 0) is 15.9 Å². The lowest BCUT2D eigenvalue weighted by Crippen LogP contribution is -2.43. The molecule has 0 N–H and O–H groups in total. The van der Waals surface area contributed by atoms with Crippen LogP contribution in [0.2, 0.25) is 0 Å². The number of ether oxygens (including phenoxy) is 2. The molecule has 1 aromatic rings. The molecule has 1 unspecified atom stereocenters. The first-order valence-electron chi connectivity index (χ1n) is 7.34. The Bertz CT molecular complexity index is 388. The molecule has 106 valence electrons. The van der Waals surface area contributed by atoms with Gasteiger partial charge in [0.15, 0.2) is 6.29 Å². The highest BCUT2D eigenvalue weighted by Crippen LogP contribution is 2.30. The molecule has 0 saturated heterocycles. The fraction of sp³-hybridized carbons (Fsp3) is 0.625. The topological polar surface area (TPSA) is 21.7 Å². The van der Waals surface area contributed by atoms with E-state index in [-0.39, 0.29) is 6.29 Å². The maximum Gasteiger partial charge on any atom is 0.174 e. The van der Waals surface area contributed by atoms with Gasteiger partial charge < -0.3 is 14.4 Å². The van der Waals surface area contributed by atoms with E-state index in [2.05, 4.69) is 36.1 Å². The minimum absolute atomic E-state index is 0.136. The van der Waals surface area contributed by atoms with Crippen LogP contribution in [0, 0.1) is 0 Å². The molecule has 3 nitrogen and oxygen atoms in total. The first-order chi connectivity index (χ1) is 9.26. The highest BCUT2D eigenvalue weighted by Gasteiger charge is 2.25. The molecule has 0 aliphatic carbocycles. The summed E-state index contributed by atoms with van der Waals surface area (Å²) in [4.78, 5) is 2.43. The van der Waals surface area contributed by atoms with Crippen LogP contribution in [0.1, 0.15) is 32.8 Å². The predicted molar refractivity (Wildman–Crippen MR) is 78.6 cm³/mol. The second-order valence-corrected chi connectivity index (χ2v) is 5.01. The van der Waals surface area contributed by atoms with Crippen molar-refractivity contribution in [2.75, 3.05) is 24.7 Å². The summed E-state index contributed by atoms with van der Waals surface area (Å²) in [6.07, 6.45) is 2.23. The van der Waals surface area contributed by atoms with E-state index >= 15 is 0 Å². The van der Waals surface area contributed by atoms with Crippen LogP contribution in [0.15, 0.2) is 24.3 Å². The van der Waals surface area contributed by atoms with Crippen molar-refractivity contribution in [3.63, 3.8) is 0 Å². The predicted octanol–water partition coefficient (Wildman–Crippen LogP) is 3.23. The molecule has 1 atom stereocenters. The Morgan fingerprint density at radius 2 is 1.89 bits per heavy atom. The lowest BCUT2D eigenvalue weighted by Gasteiger charge is -2.38. The number of anilines is 1. The van der Waals surface area contributed by atoms with Crippen molar-refractivity contribution in [1.82, 2.24) is 0 Å². The maximum atomic E-state index is 5.68. The van der Waals surface area contributed by atoms with E-state index < -0.39 is 0 Å². The van der Waals surface area contributed by atoms with Gasteiger partial charge in [-0.1, -0.05) is 18.2 Å². The fourth-order valence-corrected chi connectivity index (χ4v) is 2.72. The van der Waals surface area contributed by atoms with E-state index in [0.29, 0.717) is 19.3 Å². The van der Waals surface area contributed by atoms with Gasteiger partial charge in [-0.25, -0.2) is 0 Å². The lowest BCUT2D eigenvalue weighted by atomic mass is 9.97. The summed E-state index contributed by atoms with van der Waals surface area (Å²) in [5.41, 5.74) is 2.78. The zero-order valence-electron chi connectivity index (χ0n) is 12.3. The summed E-state index contributed by atoms with van der Waals surface area (Å²) >= 11 is 0. The molecule has 1 aromatic carbocycles. The normalized spacial score (nSPS) is 18.7. The Balaban J connectivity index is 2.13. The van der Waals surface area contributed by atoms with Gasteiger partial charge in [0.25, 0.3) is 0 Å². The van der Waals surface area contributed by atoms with Gasteiger partial charge in [0.2, 0.25) is 0 Å². The number of aryl methyl sites for hydroxylation is 1. The van der Waals surface area contributed by atoms with Gasteiger partial charge in [0.05, 0.1) is 6.54 Å². The molecule has 1 aliphatic heterocycles. The number of para-hydroxylation sites is 1. The molecule has 0 bridgehead atoms. The fourth-order valence-electron chi connectivity index (χ4n) is 2.72. The Morgan fingerprint density at radius 3 is 2.58 bits per heavy atom. The van der Waals surface area contributed by atoms with Crippen molar-refractivity contribution in [3.8, 4) is 0 Å². The Labute approximate surface area is 116 Å². The first kappa shape index (κ1) is 14.4. The summed E-state index contributed by atoms with van der Waals surface area (Å²) in [5, 5.41) is 0. The van der Waals surface area contributed by atoms with E-state index in [0.717, 1.165) is 6.54 Å². The third-order valence-corrected chi connectivity index (χ3v) is 3.72. The summed E-state index contributed by atoms with van der Waals surface area (Å²) in [5.74, 6) is 0. The number of hydrogen-bond acceptors (Lipinski definition) is 3. The minimum atomic E-state index is -0.136. The molecule has 2 rings (SSSR count). The van der Waals surface area contributed by atoms with Crippen LogP contribution in [0.4, 0.5) is 5.69 Å². The molecule has 0 radical (unpaired) electrons. The quantitative estimate of drug-likeness (QED) is 0.736. The van der Waals surface area contributed by atoms with Crippen molar-refractivity contribution in [2.45, 2.75) is 45.9 Å². The van der Waals surface area contributed by atoms with Gasteiger partial charge in [0, 0.05) is 24.9 Å². The Morgan fingerprint density at radius 1 is 1.21 bits per heavy atom. The largest absolute Gasteiger partial charge is 0.363 e. The molecule has 1 heterocycles. The second kappa shape index (κ2) is 6.92. The minimum Gasteiger partial charge on any atom is -0.363 e. The molecule has 0 fully saturated rings. The van der Waals surface area contributed by atoms with Gasteiger partial charge in [-0.05, 0) is 45.2 Å². The zero-order valence-corrected chi connectivity index (χ0v) is 12.3. The maximum absolute atomic E-state index is 5.68. The van der Waals surface area contributed by atoms with Gasteiger partial charge >= 0.3 is 0 Å². The highest BCUT2D eigenvalue weighted by atomic mass is 16.7. The average Bonchev–Trinajstić information content (AvgIpc) is 2.42. The van der Waals surface area contributed by atoms with E-state index in [1.54, 1.807) is 0 Å². The van der Waals surface area contributed by atoms with E-state index in [1.807, 2.05) is 13.8 Å². The third-order valence-electron chi connectivity index (χ3n) is 3.72. The van der Waals surface area contributed by atoms with Gasteiger partial charge in [-0.2, -0.15) is 0 Å². The molecule has 0 spiro atoms. The summed E-state index contributed by atoms with van der Waals surface area (Å²) in [7, 11) is 0. The number of fused-ring (bicyclic) bond motifs is 1. The van der Waals surface area contributed by atoms with Crippen LogP contribution < -0.4 is 4.90 Å². The first-order valence-corrected chi connectivity index (χ1v) is 7.34.